The maximum absolute atomic E-state index is 9.39. The lowest BCUT2D eigenvalue weighted by atomic mass is 9.87. The highest BCUT2D eigenvalue weighted by atomic mass is 32.2. The van der Waals surface area contributed by atoms with Crippen LogP contribution < -0.4 is 0 Å². The smallest absolute Gasteiger partial charge is 0.0669 e. The number of benzene rings is 4. The monoisotopic (exact) mass is 353 g/mol. The molecule has 4 aromatic carbocycles. The van der Waals surface area contributed by atoms with Crippen LogP contribution in [0.15, 0.2) is 72.8 Å². The van der Waals surface area contributed by atoms with Crippen molar-refractivity contribution in [1.29, 1.82) is 5.26 Å². The molecule has 0 aliphatic heterocycles. The van der Waals surface area contributed by atoms with E-state index in [0.29, 0.717) is 6.42 Å². The zero-order valence-corrected chi connectivity index (χ0v) is 15.5. The van der Waals surface area contributed by atoms with Crippen LogP contribution in [0.25, 0.3) is 32.7 Å². The zero-order valence-electron chi connectivity index (χ0n) is 14.7. The van der Waals surface area contributed by atoms with Gasteiger partial charge in [0.05, 0.1) is 12.5 Å². The van der Waals surface area contributed by atoms with E-state index in [1.54, 1.807) is 0 Å². The number of hydrogen-bond acceptors (Lipinski definition) is 2. The molecule has 0 fully saturated rings. The molecule has 126 valence electrons. The molecule has 0 spiro atoms. The molecule has 4 aromatic rings. The molecular weight excluding hydrogens is 334 g/mol. The van der Waals surface area contributed by atoms with E-state index in [4.69, 9.17) is 0 Å². The van der Waals surface area contributed by atoms with E-state index in [1.807, 2.05) is 11.8 Å². The molecule has 0 N–H and O–H groups in total. The molecule has 4 rings (SSSR count). The van der Waals surface area contributed by atoms with E-state index in [2.05, 4.69) is 85.1 Å². The molecule has 2 heteroatoms. The van der Waals surface area contributed by atoms with Crippen molar-refractivity contribution in [2.75, 3.05) is 6.26 Å². The highest BCUT2D eigenvalue weighted by Gasteiger charge is 2.16. The summed E-state index contributed by atoms with van der Waals surface area (Å²) in [6, 6.07) is 28.1. The summed E-state index contributed by atoms with van der Waals surface area (Å²) in [6.45, 7) is 0. The fourth-order valence-corrected chi connectivity index (χ4v) is 4.28. The van der Waals surface area contributed by atoms with Crippen molar-refractivity contribution >= 4 is 33.3 Å². The Labute approximate surface area is 158 Å². The standard InChI is InChI=1S/C24H19NS/c1-26-16-20-13-11-18-7-3-5-9-22(18)24(20)23-19(14-15-25)12-10-17-6-2-4-8-21(17)23/h2-13H,14,16H2,1H3. The molecule has 0 saturated heterocycles. The topological polar surface area (TPSA) is 23.8 Å². The Hall–Kier alpha value is -2.76. The lowest BCUT2D eigenvalue weighted by Crippen LogP contribution is -1.96. The maximum atomic E-state index is 9.39. The normalized spacial score (nSPS) is 10.9. The van der Waals surface area contributed by atoms with Gasteiger partial charge in [0.1, 0.15) is 0 Å². The van der Waals surface area contributed by atoms with Crippen LogP contribution in [0.4, 0.5) is 0 Å². The molecule has 0 unspecified atom stereocenters. The van der Waals surface area contributed by atoms with Gasteiger partial charge in [0.25, 0.3) is 0 Å². The summed E-state index contributed by atoms with van der Waals surface area (Å²) in [5.41, 5.74) is 4.92. The number of rotatable bonds is 4. The predicted octanol–water partition coefficient (Wildman–Crippen LogP) is 6.59. The van der Waals surface area contributed by atoms with Gasteiger partial charge in [-0.3, -0.25) is 0 Å². The molecule has 0 atom stereocenters. The van der Waals surface area contributed by atoms with Crippen molar-refractivity contribution in [2.45, 2.75) is 12.2 Å². The van der Waals surface area contributed by atoms with Gasteiger partial charge < -0.3 is 0 Å². The van der Waals surface area contributed by atoms with Crippen molar-refractivity contribution in [1.82, 2.24) is 0 Å². The summed E-state index contributed by atoms with van der Waals surface area (Å²) < 4.78 is 0. The Bertz CT molecular complexity index is 1140. The fourth-order valence-electron chi connectivity index (χ4n) is 3.73. The molecule has 0 bridgehead atoms. The van der Waals surface area contributed by atoms with Crippen LogP contribution in [0.2, 0.25) is 0 Å². The molecule has 0 saturated carbocycles. The Morgan fingerprint density at radius 3 is 1.85 bits per heavy atom. The van der Waals surface area contributed by atoms with Crippen molar-refractivity contribution in [2.24, 2.45) is 0 Å². The van der Waals surface area contributed by atoms with Gasteiger partial charge in [-0.2, -0.15) is 17.0 Å². The Morgan fingerprint density at radius 2 is 1.27 bits per heavy atom. The van der Waals surface area contributed by atoms with E-state index in [-0.39, 0.29) is 0 Å². The van der Waals surface area contributed by atoms with Crippen LogP contribution in [0.5, 0.6) is 0 Å². The van der Waals surface area contributed by atoms with Gasteiger partial charge in [-0.1, -0.05) is 72.8 Å². The van der Waals surface area contributed by atoms with Gasteiger partial charge in [-0.05, 0) is 50.1 Å². The first-order valence-electron chi connectivity index (χ1n) is 8.71. The van der Waals surface area contributed by atoms with Crippen LogP contribution in [0.3, 0.4) is 0 Å². The van der Waals surface area contributed by atoms with Gasteiger partial charge in [0.2, 0.25) is 0 Å². The zero-order chi connectivity index (χ0) is 17.9. The number of nitriles is 1. The summed E-state index contributed by atoms with van der Waals surface area (Å²) in [4.78, 5) is 0. The molecular formula is C24H19NS. The first kappa shape index (κ1) is 16.7. The number of fused-ring (bicyclic) bond motifs is 2. The van der Waals surface area contributed by atoms with Gasteiger partial charge in [-0.15, -0.1) is 0 Å². The van der Waals surface area contributed by atoms with E-state index < -0.39 is 0 Å². The molecule has 0 aliphatic rings. The second kappa shape index (κ2) is 7.23. The first-order valence-corrected chi connectivity index (χ1v) is 10.1. The van der Waals surface area contributed by atoms with Crippen molar-refractivity contribution < 1.29 is 0 Å². The Kier molecular flexibility index (Phi) is 4.65. The van der Waals surface area contributed by atoms with Gasteiger partial charge in [-0.25, -0.2) is 0 Å². The summed E-state index contributed by atoms with van der Waals surface area (Å²) in [5.74, 6) is 0.954. The first-order chi connectivity index (χ1) is 12.8. The molecule has 26 heavy (non-hydrogen) atoms. The van der Waals surface area contributed by atoms with E-state index in [9.17, 15) is 5.26 Å². The predicted molar refractivity (Wildman–Crippen MR) is 113 cm³/mol. The average Bonchev–Trinajstić information content (AvgIpc) is 2.69. The number of hydrogen-bond donors (Lipinski definition) is 0. The summed E-state index contributed by atoms with van der Waals surface area (Å²) in [7, 11) is 0. The van der Waals surface area contributed by atoms with Crippen LogP contribution in [-0.2, 0) is 12.2 Å². The Morgan fingerprint density at radius 1 is 0.731 bits per heavy atom. The minimum atomic E-state index is 0.419. The van der Waals surface area contributed by atoms with E-state index in [0.717, 1.165) is 11.3 Å². The molecule has 0 amide bonds. The van der Waals surface area contributed by atoms with Crippen LogP contribution in [0, 0.1) is 11.3 Å². The molecule has 0 aliphatic carbocycles. The third kappa shape index (κ3) is 2.85. The second-order valence-electron chi connectivity index (χ2n) is 6.41. The average molecular weight is 353 g/mol. The van der Waals surface area contributed by atoms with Gasteiger partial charge >= 0.3 is 0 Å². The fraction of sp³-hybridized carbons (Fsp3) is 0.125. The van der Waals surface area contributed by atoms with Crippen molar-refractivity contribution in [3.05, 3.63) is 83.9 Å². The summed E-state index contributed by atoms with van der Waals surface area (Å²) in [5, 5.41) is 14.3. The SMILES string of the molecule is CSCc1ccc2ccccc2c1-c1c(CC#N)ccc2ccccc12. The lowest BCUT2D eigenvalue weighted by molar-refractivity contribution is 1.27. The molecule has 0 aromatic heterocycles. The maximum Gasteiger partial charge on any atom is 0.0669 e. The van der Waals surface area contributed by atoms with Crippen molar-refractivity contribution in [3.63, 3.8) is 0 Å². The van der Waals surface area contributed by atoms with E-state index in [1.165, 1.54) is 38.2 Å². The number of nitrogens with zero attached hydrogens (tertiary/aromatic N) is 1. The quantitative estimate of drug-likeness (QED) is 0.413. The number of thioether (sulfide) groups is 1. The summed E-state index contributed by atoms with van der Waals surface area (Å²) >= 11 is 1.83. The lowest BCUT2D eigenvalue weighted by Gasteiger charge is -2.18. The van der Waals surface area contributed by atoms with Crippen LogP contribution in [-0.4, -0.2) is 6.26 Å². The van der Waals surface area contributed by atoms with Crippen LogP contribution >= 0.6 is 11.8 Å². The van der Waals surface area contributed by atoms with Crippen LogP contribution in [0.1, 0.15) is 11.1 Å². The molecule has 0 radical (unpaired) electrons. The molecule has 1 nitrogen and oxygen atoms in total. The minimum Gasteiger partial charge on any atom is -0.198 e. The molecule has 0 heterocycles. The second-order valence-corrected chi connectivity index (χ2v) is 7.28. The third-order valence-corrected chi connectivity index (χ3v) is 5.45. The van der Waals surface area contributed by atoms with Crippen molar-refractivity contribution in [3.8, 4) is 17.2 Å². The highest BCUT2D eigenvalue weighted by Crippen LogP contribution is 2.40. The highest BCUT2D eigenvalue weighted by molar-refractivity contribution is 7.97. The van der Waals surface area contributed by atoms with E-state index >= 15 is 0 Å². The minimum absolute atomic E-state index is 0.419. The Balaban J connectivity index is 2.17. The van der Waals surface area contributed by atoms with Gasteiger partial charge in [0, 0.05) is 5.75 Å². The largest absolute Gasteiger partial charge is 0.198 e. The van der Waals surface area contributed by atoms with Gasteiger partial charge in [0.15, 0.2) is 0 Å². The third-order valence-electron chi connectivity index (χ3n) is 4.85. The summed E-state index contributed by atoms with van der Waals surface area (Å²) in [6.07, 6.45) is 2.56.